The van der Waals surface area contributed by atoms with Gasteiger partial charge in [0.15, 0.2) is 0 Å². The predicted octanol–water partition coefficient (Wildman–Crippen LogP) is 2.15. The molecule has 1 saturated heterocycles. The number of amides is 1. The van der Waals surface area contributed by atoms with Crippen LogP contribution in [0.3, 0.4) is 0 Å². The molecule has 2 N–H and O–H groups in total. The third-order valence-electron chi connectivity index (χ3n) is 3.36. The van der Waals surface area contributed by atoms with Gasteiger partial charge >= 0.3 is 0 Å². The number of morpholine rings is 1. The number of carbonyl (C=O) groups excluding carboxylic acids is 1. The molecular formula is C14H18Br2N2O3. The highest BCUT2D eigenvalue weighted by molar-refractivity contribution is 9.11. The molecule has 0 aliphatic carbocycles. The summed E-state index contributed by atoms with van der Waals surface area (Å²) in [4.78, 5) is 14.2. The minimum atomic E-state index is -0.116. The van der Waals surface area contributed by atoms with E-state index >= 15 is 0 Å². The number of aliphatic hydroxyl groups is 1. The number of rotatable bonds is 4. The molecule has 2 rings (SSSR count). The predicted molar refractivity (Wildman–Crippen MR) is 88.5 cm³/mol. The second-order valence-electron chi connectivity index (χ2n) is 5.03. The summed E-state index contributed by atoms with van der Waals surface area (Å²) in [6, 6.07) is 3.78. The molecule has 0 aromatic heterocycles. The smallest absolute Gasteiger partial charge is 0.238 e. The molecule has 0 saturated carbocycles. The first kappa shape index (κ1) is 16.9. The molecule has 1 heterocycles. The number of hydrogen-bond donors (Lipinski definition) is 2. The first-order valence-electron chi connectivity index (χ1n) is 6.69. The Morgan fingerprint density at radius 1 is 1.48 bits per heavy atom. The third-order valence-corrected chi connectivity index (χ3v) is 4.61. The van der Waals surface area contributed by atoms with Crippen molar-refractivity contribution in [3.05, 3.63) is 26.6 Å². The zero-order valence-electron chi connectivity index (χ0n) is 11.7. The molecular weight excluding hydrogens is 404 g/mol. The number of aryl methyl sites for hydroxylation is 1. The minimum absolute atomic E-state index is 0.00873. The number of halogens is 2. The Hall–Kier alpha value is -0.470. The van der Waals surface area contributed by atoms with Crippen molar-refractivity contribution < 1.29 is 14.6 Å². The normalized spacial score (nSPS) is 19.5. The standard InChI is InChI=1S/C14H18Br2N2O3/c1-9-4-11(15)14(12(16)5-9)17-13(20)6-18-2-3-21-8-10(18)7-19/h4-5,10,19H,2-3,6-8H2,1H3,(H,17,20). The van der Waals surface area contributed by atoms with E-state index in [1.807, 2.05) is 24.0 Å². The third kappa shape index (κ3) is 4.50. The maximum absolute atomic E-state index is 12.2. The van der Waals surface area contributed by atoms with E-state index in [0.717, 1.165) is 20.2 Å². The summed E-state index contributed by atoms with van der Waals surface area (Å²) in [5.74, 6) is -0.111. The lowest BCUT2D eigenvalue weighted by atomic mass is 10.2. The van der Waals surface area contributed by atoms with E-state index in [0.29, 0.717) is 19.8 Å². The fourth-order valence-electron chi connectivity index (χ4n) is 2.25. The molecule has 1 aliphatic heterocycles. The largest absolute Gasteiger partial charge is 0.395 e. The maximum Gasteiger partial charge on any atom is 0.238 e. The van der Waals surface area contributed by atoms with Gasteiger partial charge in [-0.15, -0.1) is 0 Å². The first-order chi connectivity index (χ1) is 10.0. The molecule has 1 aromatic rings. The van der Waals surface area contributed by atoms with Gasteiger partial charge in [0.2, 0.25) is 5.91 Å². The van der Waals surface area contributed by atoms with Gasteiger partial charge in [0.25, 0.3) is 0 Å². The van der Waals surface area contributed by atoms with E-state index < -0.39 is 0 Å². The van der Waals surface area contributed by atoms with Gasteiger partial charge in [0.1, 0.15) is 0 Å². The van der Waals surface area contributed by atoms with Crippen molar-refractivity contribution in [3.8, 4) is 0 Å². The average molecular weight is 422 g/mol. The SMILES string of the molecule is Cc1cc(Br)c(NC(=O)CN2CCOCC2CO)c(Br)c1. The molecule has 1 aromatic carbocycles. The van der Waals surface area contributed by atoms with Gasteiger partial charge in [-0.1, -0.05) is 0 Å². The average Bonchev–Trinajstić information content (AvgIpc) is 2.43. The molecule has 5 nitrogen and oxygen atoms in total. The molecule has 0 spiro atoms. The number of nitrogens with zero attached hydrogens (tertiary/aromatic N) is 1. The van der Waals surface area contributed by atoms with E-state index in [1.54, 1.807) is 0 Å². The van der Waals surface area contributed by atoms with Crippen LogP contribution in [0.2, 0.25) is 0 Å². The van der Waals surface area contributed by atoms with Gasteiger partial charge in [-0.3, -0.25) is 9.69 Å². The molecule has 21 heavy (non-hydrogen) atoms. The Labute approximate surface area is 140 Å². The molecule has 1 unspecified atom stereocenters. The van der Waals surface area contributed by atoms with Crippen molar-refractivity contribution in [2.75, 3.05) is 38.2 Å². The van der Waals surface area contributed by atoms with Crippen LogP contribution in [0, 0.1) is 6.92 Å². The highest BCUT2D eigenvalue weighted by Gasteiger charge is 2.24. The van der Waals surface area contributed by atoms with E-state index in [9.17, 15) is 9.90 Å². The van der Waals surface area contributed by atoms with E-state index in [1.165, 1.54) is 0 Å². The number of ether oxygens (including phenoxy) is 1. The zero-order chi connectivity index (χ0) is 15.4. The van der Waals surface area contributed by atoms with Crippen LogP contribution in [-0.4, -0.2) is 54.9 Å². The van der Waals surface area contributed by atoms with Crippen LogP contribution in [0.15, 0.2) is 21.1 Å². The lowest BCUT2D eigenvalue weighted by Crippen LogP contribution is -2.50. The molecule has 116 valence electrons. The summed E-state index contributed by atoms with van der Waals surface area (Å²) >= 11 is 6.92. The van der Waals surface area contributed by atoms with Crippen molar-refractivity contribution in [2.24, 2.45) is 0 Å². The monoisotopic (exact) mass is 420 g/mol. The summed E-state index contributed by atoms with van der Waals surface area (Å²) in [6.07, 6.45) is 0. The topological polar surface area (TPSA) is 61.8 Å². The fourth-order valence-corrected chi connectivity index (χ4v) is 3.86. The van der Waals surface area contributed by atoms with Gasteiger partial charge < -0.3 is 15.2 Å². The summed E-state index contributed by atoms with van der Waals surface area (Å²) < 4.78 is 6.98. The quantitative estimate of drug-likeness (QED) is 0.781. The van der Waals surface area contributed by atoms with Crippen molar-refractivity contribution in [1.82, 2.24) is 4.90 Å². The van der Waals surface area contributed by atoms with Gasteiger partial charge in [0.05, 0.1) is 38.1 Å². The second kappa shape index (κ2) is 7.69. The molecule has 0 bridgehead atoms. The van der Waals surface area contributed by atoms with Crippen molar-refractivity contribution in [2.45, 2.75) is 13.0 Å². The van der Waals surface area contributed by atoms with Crippen LogP contribution < -0.4 is 5.32 Å². The van der Waals surface area contributed by atoms with Gasteiger partial charge in [0, 0.05) is 15.5 Å². The van der Waals surface area contributed by atoms with Crippen molar-refractivity contribution in [3.63, 3.8) is 0 Å². The van der Waals surface area contributed by atoms with Crippen LogP contribution in [0.4, 0.5) is 5.69 Å². The van der Waals surface area contributed by atoms with Crippen LogP contribution in [0.25, 0.3) is 0 Å². The molecule has 1 atom stereocenters. The molecule has 0 radical (unpaired) electrons. The molecule has 7 heteroatoms. The van der Waals surface area contributed by atoms with Gasteiger partial charge in [-0.25, -0.2) is 0 Å². The number of benzene rings is 1. The van der Waals surface area contributed by atoms with Crippen molar-refractivity contribution >= 4 is 43.5 Å². The van der Waals surface area contributed by atoms with E-state index in [4.69, 9.17) is 4.74 Å². The second-order valence-corrected chi connectivity index (χ2v) is 6.74. The Morgan fingerprint density at radius 3 is 2.76 bits per heavy atom. The fraction of sp³-hybridized carbons (Fsp3) is 0.500. The summed E-state index contributed by atoms with van der Waals surface area (Å²) in [7, 11) is 0. The number of aliphatic hydroxyl groups excluding tert-OH is 1. The van der Waals surface area contributed by atoms with Crippen LogP contribution >= 0.6 is 31.9 Å². The highest BCUT2D eigenvalue weighted by atomic mass is 79.9. The zero-order valence-corrected chi connectivity index (χ0v) is 14.9. The minimum Gasteiger partial charge on any atom is -0.395 e. The summed E-state index contributed by atoms with van der Waals surface area (Å²) in [5.41, 5.74) is 1.82. The molecule has 1 amide bonds. The molecule has 1 fully saturated rings. The lowest BCUT2D eigenvalue weighted by molar-refractivity contribution is -0.120. The number of nitrogens with one attached hydrogen (secondary N) is 1. The van der Waals surface area contributed by atoms with Gasteiger partial charge in [-0.05, 0) is 56.5 Å². The lowest BCUT2D eigenvalue weighted by Gasteiger charge is -2.33. The Bertz CT molecular complexity index is 502. The van der Waals surface area contributed by atoms with Crippen LogP contribution in [-0.2, 0) is 9.53 Å². The Kier molecular flexibility index (Phi) is 6.19. The molecule has 1 aliphatic rings. The summed E-state index contributed by atoms with van der Waals surface area (Å²) in [6.45, 7) is 3.91. The van der Waals surface area contributed by atoms with Crippen LogP contribution in [0.1, 0.15) is 5.56 Å². The first-order valence-corrected chi connectivity index (χ1v) is 8.28. The number of anilines is 1. The maximum atomic E-state index is 12.2. The van der Waals surface area contributed by atoms with E-state index in [2.05, 4.69) is 37.2 Å². The van der Waals surface area contributed by atoms with Crippen molar-refractivity contribution in [1.29, 1.82) is 0 Å². The number of carbonyl (C=O) groups is 1. The van der Waals surface area contributed by atoms with E-state index in [-0.39, 0.29) is 25.1 Å². The Morgan fingerprint density at radius 2 is 2.14 bits per heavy atom. The van der Waals surface area contributed by atoms with Gasteiger partial charge in [-0.2, -0.15) is 0 Å². The Balaban J connectivity index is 2.01. The number of hydrogen-bond acceptors (Lipinski definition) is 4. The van der Waals surface area contributed by atoms with Crippen LogP contribution in [0.5, 0.6) is 0 Å². The summed E-state index contributed by atoms with van der Waals surface area (Å²) in [5, 5.41) is 12.2. The highest BCUT2D eigenvalue weighted by Crippen LogP contribution is 2.32.